The molecule has 0 fully saturated rings. The molecular weight excluding hydrogens is 328 g/mol. The van der Waals surface area contributed by atoms with Crippen LogP contribution in [0.25, 0.3) is 10.9 Å². The van der Waals surface area contributed by atoms with E-state index in [-0.39, 0.29) is 11.9 Å². The molecule has 138 valence electrons. The number of benzene rings is 1. The van der Waals surface area contributed by atoms with Crippen molar-refractivity contribution in [2.45, 2.75) is 33.2 Å². The van der Waals surface area contributed by atoms with Gasteiger partial charge in [-0.1, -0.05) is 12.1 Å². The third kappa shape index (κ3) is 3.37. The molecule has 3 rings (SSSR count). The van der Waals surface area contributed by atoms with Gasteiger partial charge in [-0.3, -0.25) is 9.48 Å². The molecule has 1 amide bonds. The van der Waals surface area contributed by atoms with Crippen molar-refractivity contribution in [1.82, 2.24) is 20.1 Å². The highest BCUT2D eigenvalue weighted by molar-refractivity contribution is 5.93. The van der Waals surface area contributed by atoms with Crippen LogP contribution in [0.15, 0.2) is 24.4 Å². The molecule has 6 heteroatoms. The van der Waals surface area contributed by atoms with Crippen molar-refractivity contribution in [1.29, 1.82) is 0 Å². The molecular formula is C20H26N4O2. The minimum Gasteiger partial charge on any atom is -0.382 e. The molecule has 0 spiro atoms. The van der Waals surface area contributed by atoms with Crippen molar-refractivity contribution in [3.05, 3.63) is 52.5 Å². The number of aromatic amines is 1. The van der Waals surface area contributed by atoms with Gasteiger partial charge in [0.05, 0.1) is 24.8 Å². The van der Waals surface area contributed by atoms with Gasteiger partial charge in [-0.05, 0) is 43.5 Å². The second-order valence-corrected chi connectivity index (χ2v) is 6.81. The molecule has 3 aromatic rings. The number of aryl methyl sites for hydroxylation is 4. The molecule has 0 saturated heterocycles. The maximum atomic E-state index is 12.8. The van der Waals surface area contributed by atoms with E-state index < -0.39 is 0 Å². The Morgan fingerprint density at radius 3 is 2.65 bits per heavy atom. The predicted molar refractivity (Wildman–Crippen MR) is 102 cm³/mol. The highest BCUT2D eigenvalue weighted by Gasteiger charge is 2.20. The molecule has 1 aromatic carbocycles. The number of ether oxygens (including phenoxy) is 1. The van der Waals surface area contributed by atoms with Crippen molar-refractivity contribution in [3.8, 4) is 0 Å². The van der Waals surface area contributed by atoms with E-state index in [1.54, 1.807) is 18.0 Å². The Bertz CT molecular complexity index is 939. The van der Waals surface area contributed by atoms with Crippen molar-refractivity contribution < 1.29 is 9.53 Å². The molecule has 0 aliphatic carbocycles. The average molecular weight is 354 g/mol. The lowest BCUT2D eigenvalue weighted by Crippen LogP contribution is -2.33. The van der Waals surface area contributed by atoms with Gasteiger partial charge in [0.25, 0.3) is 0 Å². The predicted octanol–water partition coefficient (Wildman–Crippen LogP) is 2.87. The number of aromatic nitrogens is 3. The first-order valence-corrected chi connectivity index (χ1v) is 8.76. The van der Waals surface area contributed by atoms with Gasteiger partial charge in [0.15, 0.2) is 0 Å². The summed E-state index contributed by atoms with van der Waals surface area (Å²) in [7, 11) is 3.49. The van der Waals surface area contributed by atoms with Gasteiger partial charge in [0.1, 0.15) is 0 Å². The van der Waals surface area contributed by atoms with Crippen LogP contribution in [0.2, 0.25) is 0 Å². The minimum absolute atomic E-state index is 0.0295. The van der Waals surface area contributed by atoms with Gasteiger partial charge in [0, 0.05) is 37.0 Å². The number of H-pyrrole nitrogens is 1. The van der Waals surface area contributed by atoms with Gasteiger partial charge < -0.3 is 15.0 Å². The molecule has 2 heterocycles. The fraction of sp³-hybridized carbons (Fsp3) is 0.400. The third-order valence-electron chi connectivity index (χ3n) is 4.91. The quantitative estimate of drug-likeness (QED) is 0.715. The molecule has 0 aliphatic rings. The van der Waals surface area contributed by atoms with E-state index in [1.807, 2.05) is 20.0 Å². The molecule has 0 radical (unpaired) electrons. The summed E-state index contributed by atoms with van der Waals surface area (Å²) < 4.78 is 7.04. The van der Waals surface area contributed by atoms with Crippen molar-refractivity contribution in [2.75, 3.05) is 13.7 Å². The SMILES string of the molecule is COCC(NC(=O)Cc1c(C)[nH]c2c(C)ccc(C)c12)c1ccnn1C. The van der Waals surface area contributed by atoms with Crippen LogP contribution >= 0.6 is 0 Å². The van der Waals surface area contributed by atoms with Crippen LogP contribution in [0.4, 0.5) is 0 Å². The second-order valence-electron chi connectivity index (χ2n) is 6.81. The number of carbonyl (C=O) groups excluding carboxylic acids is 1. The monoisotopic (exact) mass is 354 g/mol. The van der Waals surface area contributed by atoms with Crippen LogP contribution in [0.1, 0.15) is 34.1 Å². The van der Waals surface area contributed by atoms with Crippen LogP contribution in [0.5, 0.6) is 0 Å². The zero-order valence-corrected chi connectivity index (χ0v) is 16.0. The molecule has 1 atom stereocenters. The molecule has 6 nitrogen and oxygen atoms in total. The number of hydrogen-bond acceptors (Lipinski definition) is 3. The number of fused-ring (bicyclic) bond motifs is 1. The van der Waals surface area contributed by atoms with Gasteiger partial charge in [-0.25, -0.2) is 0 Å². The number of nitrogens with one attached hydrogen (secondary N) is 2. The summed E-state index contributed by atoms with van der Waals surface area (Å²) in [6, 6.07) is 5.88. The Morgan fingerprint density at radius 1 is 1.27 bits per heavy atom. The fourth-order valence-corrected chi connectivity index (χ4v) is 3.53. The van der Waals surface area contributed by atoms with E-state index in [4.69, 9.17) is 4.74 Å². The Labute approximate surface area is 153 Å². The summed E-state index contributed by atoms with van der Waals surface area (Å²) in [6.45, 7) is 6.59. The number of rotatable bonds is 6. The Kier molecular flexibility index (Phi) is 5.13. The van der Waals surface area contributed by atoms with E-state index in [0.29, 0.717) is 13.0 Å². The highest BCUT2D eigenvalue weighted by Crippen LogP contribution is 2.28. The number of carbonyl (C=O) groups is 1. The van der Waals surface area contributed by atoms with Gasteiger partial charge in [0.2, 0.25) is 5.91 Å². The van der Waals surface area contributed by atoms with Crippen LogP contribution in [0.3, 0.4) is 0 Å². The van der Waals surface area contributed by atoms with Crippen molar-refractivity contribution >= 4 is 16.8 Å². The van der Waals surface area contributed by atoms with E-state index in [1.165, 1.54) is 11.1 Å². The summed E-state index contributed by atoms with van der Waals surface area (Å²) >= 11 is 0. The van der Waals surface area contributed by atoms with Crippen molar-refractivity contribution in [3.63, 3.8) is 0 Å². The maximum Gasteiger partial charge on any atom is 0.225 e. The van der Waals surface area contributed by atoms with E-state index in [2.05, 4.69) is 41.4 Å². The third-order valence-corrected chi connectivity index (χ3v) is 4.91. The van der Waals surface area contributed by atoms with Gasteiger partial charge >= 0.3 is 0 Å². The maximum absolute atomic E-state index is 12.8. The number of methoxy groups -OCH3 is 1. The van der Waals surface area contributed by atoms with E-state index in [0.717, 1.165) is 27.9 Å². The zero-order chi connectivity index (χ0) is 18.8. The molecule has 2 aromatic heterocycles. The fourth-order valence-electron chi connectivity index (χ4n) is 3.53. The molecule has 1 unspecified atom stereocenters. The van der Waals surface area contributed by atoms with Gasteiger partial charge in [-0.2, -0.15) is 5.10 Å². The average Bonchev–Trinajstić information content (AvgIpc) is 3.15. The molecule has 0 aliphatic heterocycles. The van der Waals surface area contributed by atoms with E-state index >= 15 is 0 Å². The lowest BCUT2D eigenvalue weighted by molar-refractivity contribution is -0.121. The topological polar surface area (TPSA) is 71.9 Å². The lowest BCUT2D eigenvalue weighted by Gasteiger charge is -2.18. The summed E-state index contributed by atoms with van der Waals surface area (Å²) in [5.41, 5.74) is 6.50. The number of amides is 1. The van der Waals surface area contributed by atoms with Crippen LogP contribution in [0, 0.1) is 20.8 Å². The zero-order valence-electron chi connectivity index (χ0n) is 16.0. The van der Waals surface area contributed by atoms with Crippen LogP contribution in [-0.2, 0) is 23.0 Å². The summed E-state index contributed by atoms with van der Waals surface area (Å²) in [4.78, 5) is 16.2. The first-order chi connectivity index (χ1) is 12.4. The molecule has 26 heavy (non-hydrogen) atoms. The number of nitrogens with zero attached hydrogens (tertiary/aromatic N) is 2. The Morgan fingerprint density at radius 2 is 2.00 bits per heavy atom. The standard InChI is InChI=1S/C20H26N4O2/c1-12-6-7-13(2)20-19(12)15(14(3)22-20)10-18(25)23-16(11-26-5)17-8-9-21-24(17)4/h6-9,16,22H,10-11H2,1-5H3,(H,23,25). The summed E-state index contributed by atoms with van der Waals surface area (Å²) in [5, 5.41) is 8.42. The smallest absolute Gasteiger partial charge is 0.225 e. The first-order valence-electron chi connectivity index (χ1n) is 8.76. The minimum atomic E-state index is -0.228. The summed E-state index contributed by atoms with van der Waals surface area (Å²) in [6.07, 6.45) is 2.05. The number of hydrogen-bond donors (Lipinski definition) is 2. The highest BCUT2D eigenvalue weighted by atomic mass is 16.5. The van der Waals surface area contributed by atoms with Gasteiger partial charge in [-0.15, -0.1) is 0 Å². The second kappa shape index (κ2) is 7.33. The molecule has 0 bridgehead atoms. The lowest BCUT2D eigenvalue weighted by atomic mass is 10.0. The van der Waals surface area contributed by atoms with Crippen molar-refractivity contribution in [2.24, 2.45) is 7.05 Å². The molecule has 2 N–H and O–H groups in total. The van der Waals surface area contributed by atoms with Crippen LogP contribution in [-0.4, -0.2) is 34.4 Å². The Hall–Kier alpha value is -2.60. The van der Waals surface area contributed by atoms with E-state index in [9.17, 15) is 4.79 Å². The Balaban J connectivity index is 1.86. The van der Waals surface area contributed by atoms with Crippen LogP contribution < -0.4 is 5.32 Å². The normalized spacial score (nSPS) is 12.5. The molecule has 0 saturated carbocycles. The summed E-state index contributed by atoms with van der Waals surface area (Å²) in [5.74, 6) is -0.0295. The first kappa shape index (κ1) is 18.2. The largest absolute Gasteiger partial charge is 0.382 e.